The highest BCUT2D eigenvalue weighted by Gasteiger charge is 2.36. The molecule has 1 aliphatic rings. The van der Waals surface area contributed by atoms with E-state index in [9.17, 15) is 0 Å². The molecule has 0 spiro atoms. The van der Waals surface area contributed by atoms with E-state index in [2.05, 4.69) is 25.8 Å². The molecule has 2 heteroatoms. The Morgan fingerprint density at radius 1 is 1.60 bits per heavy atom. The molecule has 10 heavy (non-hydrogen) atoms. The molecule has 0 aromatic heterocycles. The second-order valence-corrected chi connectivity index (χ2v) is 3.98. The van der Waals surface area contributed by atoms with Crippen LogP contribution in [0.2, 0.25) is 0 Å². The van der Waals surface area contributed by atoms with Crippen LogP contribution in [0.4, 0.5) is 0 Å². The maximum Gasteiger partial charge on any atom is 0.0168 e. The van der Waals surface area contributed by atoms with Gasteiger partial charge >= 0.3 is 0 Å². The van der Waals surface area contributed by atoms with Gasteiger partial charge < -0.3 is 10.6 Å². The van der Waals surface area contributed by atoms with Crippen LogP contribution in [0, 0.1) is 5.41 Å². The lowest BCUT2D eigenvalue weighted by Gasteiger charge is -2.47. The first-order valence-corrected chi connectivity index (χ1v) is 3.98. The third kappa shape index (κ3) is 1.18. The van der Waals surface area contributed by atoms with Gasteiger partial charge in [-0.2, -0.15) is 0 Å². The summed E-state index contributed by atoms with van der Waals surface area (Å²) in [6.45, 7) is 6.52. The Labute approximate surface area is 63.4 Å². The van der Waals surface area contributed by atoms with Crippen LogP contribution in [0.15, 0.2) is 0 Å². The largest absolute Gasteiger partial charge is 0.330 e. The minimum atomic E-state index is 0.312. The Morgan fingerprint density at radius 2 is 2.20 bits per heavy atom. The summed E-state index contributed by atoms with van der Waals surface area (Å²) in [6.07, 6.45) is 1.32. The van der Waals surface area contributed by atoms with Crippen LogP contribution in [-0.2, 0) is 0 Å². The topological polar surface area (TPSA) is 29.3 Å². The van der Waals surface area contributed by atoms with Crippen molar-refractivity contribution in [2.24, 2.45) is 11.1 Å². The average Bonchev–Trinajstić information content (AvgIpc) is 1.84. The van der Waals surface area contributed by atoms with Crippen molar-refractivity contribution in [3.05, 3.63) is 0 Å². The monoisotopic (exact) mass is 142 g/mol. The normalized spacial score (nSPS) is 28.2. The highest BCUT2D eigenvalue weighted by atomic mass is 15.2. The van der Waals surface area contributed by atoms with Crippen LogP contribution in [0.25, 0.3) is 0 Å². The fourth-order valence-electron chi connectivity index (χ4n) is 1.64. The van der Waals surface area contributed by atoms with Crippen LogP contribution in [-0.4, -0.2) is 31.1 Å². The zero-order chi connectivity index (χ0) is 7.78. The molecule has 1 aliphatic heterocycles. The van der Waals surface area contributed by atoms with Crippen molar-refractivity contribution in [1.29, 1.82) is 0 Å². The molecule has 0 radical (unpaired) electrons. The molecular weight excluding hydrogens is 124 g/mol. The summed E-state index contributed by atoms with van der Waals surface area (Å²) in [7, 11) is 2.17. The van der Waals surface area contributed by atoms with Gasteiger partial charge in [0.25, 0.3) is 0 Å². The standard InChI is InChI=1S/C8H18N2/c1-8(2,6-9)7-4-5-10(7)3/h7H,4-6,9H2,1-3H3. The van der Waals surface area contributed by atoms with Crippen LogP contribution in [0.5, 0.6) is 0 Å². The smallest absolute Gasteiger partial charge is 0.0168 e. The van der Waals surface area contributed by atoms with Crippen molar-refractivity contribution in [1.82, 2.24) is 4.90 Å². The van der Waals surface area contributed by atoms with Crippen LogP contribution < -0.4 is 5.73 Å². The van der Waals surface area contributed by atoms with Gasteiger partial charge in [-0.15, -0.1) is 0 Å². The first-order valence-electron chi connectivity index (χ1n) is 3.98. The predicted molar refractivity (Wildman–Crippen MR) is 43.9 cm³/mol. The molecule has 1 rings (SSSR count). The lowest BCUT2D eigenvalue weighted by atomic mass is 9.78. The molecule has 0 saturated carbocycles. The molecule has 1 unspecified atom stereocenters. The molecule has 1 heterocycles. The summed E-state index contributed by atoms with van der Waals surface area (Å²) in [5.41, 5.74) is 5.96. The SMILES string of the molecule is CN1CCC1C(C)(C)CN. The second kappa shape index (κ2) is 2.51. The molecule has 2 N–H and O–H groups in total. The Hall–Kier alpha value is -0.0800. The van der Waals surface area contributed by atoms with Crippen molar-refractivity contribution in [2.45, 2.75) is 26.3 Å². The summed E-state index contributed by atoms with van der Waals surface area (Å²) in [4.78, 5) is 2.38. The van der Waals surface area contributed by atoms with E-state index in [1.54, 1.807) is 0 Å². The minimum absolute atomic E-state index is 0.312. The van der Waals surface area contributed by atoms with Crippen molar-refractivity contribution < 1.29 is 0 Å². The molecule has 0 aliphatic carbocycles. The van der Waals surface area contributed by atoms with E-state index >= 15 is 0 Å². The molecule has 0 aromatic carbocycles. The fraction of sp³-hybridized carbons (Fsp3) is 1.00. The Bertz CT molecular complexity index is 120. The van der Waals surface area contributed by atoms with Crippen LogP contribution >= 0.6 is 0 Å². The van der Waals surface area contributed by atoms with E-state index in [1.807, 2.05) is 0 Å². The Balaban J connectivity index is 2.47. The van der Waals surface area contributed by atoms with Crippen LogP contribution in [0.3, 0.4) is 0 Å². The third-order valence-corrected chi connectivity index (χ3v) is 2.72. The fourth-order valence-corrected chi connectivity index (χ4v) is 1.64. The van der Waals surface area contributed by atoms with Gasteiger partial charge in [0.1, 0.15) is 0 Å². The lowest BCUT2D eigenvalue weighted by Crippen LogP contribution is -2.55. The number of likely N-dealkylation sites (tertiary alicyclic amines) is 1. The minimum Gasteiger partial charge on any atom is -0.330 e. The molecule has 1 saturated heterocycles. The van der Waals surface area contributed by atoms with Gasteiger partial charge in [-0.05, 0) is 32.0 Å². The molecule has 0 aromatic rings. The van der Waals surface area contributed by atoms with Crippen molar-refractivity contribution in [3.8, 4) is 0 Å². The first-order chi connectivity index (χ1) is 4.58. The van der Waals surface area contributed by atoms with E-state index in [0.29, 0.717) is 5.41 Å². The van der Waals surface area contributed by atoms with E-state index in [0.717, 1.165) is 12.6 Å². The van der Waals surface area contributed by atoms with Gasteiger partial charge in [0.2, 0.25) is 0 Å². The van der Waals surface area contributed by atoms with E-state index in [-0.39, 0.29) is 0 Å². The number of hydrogen-bond acceptors (Lipinski definition) is 2. The van der Waals surface area contributed by atoms with Gasteiger partial charge in [0.15, 0.2) is 0 Å². The van der Waals surface area contributed by atoms with Crippen LogP contribution in [0.1, 0.15) is 20.3 Å². The lowest BCUT2D eigenvalue weighted by molar-refractivity contribution is 0.0303. The zero-order valence-electron chi connectivity index (χ0n) is 7.22. The number of rotatable bonds is 2. The first kappa shape index (κ1) is 8.02. The Kier molecular flexibility index (Phi) is 2.02. The average molecular weight is 142 g/mol. The van der Waals surface area contributed by atoms with Gasteiger partial charge in [-0.3, -0.25) is 0 Å². The molecule has 60 valence electrons. The molecule has 1 atom stereocenters. The number of nitrogens with zero attached hydrogens (tertiary/aromatic N) is 1. The zero-order valence-corrected chi connectivity index (χ0v) is 7.22. The molecular formula is C8H18N2. The maximum atomic E-state index is 5.65. The van der Waals surface area contributed by atoms with Gasteiger partial charge in [0.05, 0.1) is 0 Å². The number of nitrogens with two attached hydrogens (primary N) is 1. The van der Waals surface area contributed by atoms with Crippen molar-refractivity contribution in [2.75, 3.05) is 20.1 Å². The summed E-state index contributed by atoms with van der Waals surface area (Å²) in [6, 6.07) is 0.720. The van der Waals surface area contributed by atoms with Crippen molar-refractivity contribution in [3.63, 3.8) is 0 Å². The number of hydrogen-bond donors (Lipinski definition) is 1. The Morgan fingerprint density at radius 3 is 2.30 bits per heavy atom. The molecule has 1 fully saturated rings. The van der Waals surface area contributed by atoms with E-state index in [4.69, 9.17) is 5.73 Å². The third-order valence-electron chi connectivity index (χ3n) is 2.72. The quantitative estimate of drug-likeness (QED) is 0.614. The summed E-state index contributed by atoms with van der Waals surface area (Å²) in [5.74, 6) is 0. The maximum absolute atomic E-state index is 5.65. The van der Waals surface area contributed by atoms with E-state index < -0.39 is 0 Å². The highest BCUT2D eigenvalue weighted by molar-refractivity contribution is 4.92. The van der Waals surface area contributed by atoms with E-state index in [1.165, 1.54) is 13.0 Å². The van der Waals surface area contributed by atoms with Gasteiger partial charge in [-0.1, -0.05) is 13.8 Å². The second-order valence-electron chi connectivity index (χ2n) is 3.98. The summed E-state index contributed by atoms with van der Waals surface area (Å²) in [5, 5.41) is 0. The predicted octanol–water partition coefficient (Wildman–Crippen LogP) is 0.675. The highest BCUT2D eigenvalue weighted by Crippen LogP contribution is 2.31. The summed E-state index contributed by atoms with van der Waals surface area (Å²) < 4.78 is 0. The van der Waals surface area contributed by atoms with Gasteiger partial charge in [-0.25, -0.2) is 0 Å². The molecule has 2 nitrogen and oxygen atoms in total. The van der Waals surface area contributed by atoms with Crippen molar-refractivity contribution >= 4 is 0 Å². The summed E-state index contributed by atoms with van der Waals surface area (Å²) >= 11 is 0. The molecule has 0 bridgehead atoms. The van der Waals surface area contributed by atoms with Gasteiger partial charge in [0, 0.05) is 6.04 Å². The molecule has 0 amide bonds.